The Morgan fingerprint density at radius 2 is 2.21 bits per heavy atom. The van der Waals surface area contributed by atoms with Gasteiger partial charge in [-0.25, -0.2) is 0 Å². The second kappa shape index (κ2) is 5.71. The molecule has 0 spiro atoms. The Bertz CT molecular complexity index is 613. The quantitative estimate of drug-likeness (QED) is 0.846. The molecule has 1 aromatic heterocycles. The minimum absolute atomic E-state index is 0.202. The number of benzene rings is 1. The fourth-order valence-corrected chi connectivity index (χ4v) is 1.82. The molecule has 5 heteroatoms. The van der Waals surface area contributed by atoms with Crippen molar-refractivity contribution >= 4 is 23.2 Å². The van der Waals surface area contributed by atoms with Crippen LogP contribution in [0.2, 0.25) is 5.02 Å². The Hall–Kier alpha value is -2.07. The third-order valence-electron chi connectivity index (χ3n) is 2.80. The smallest absolute Gasteiger partial charge is 0.251 e. The number of hydrogen-bond donors (Lipinski definition) is 2. The summed E-state index contributed by atoms with van der Waals surface area (Å²) in [5, 5.41) is 3.18. The minimum Gasteiger partial charge on any atom is -0.398 e. The molecule has 1 aromatic carbocycles. The van der Waals surface area contributed by atoms with E-state index >= 15 is 0 Å². The molecule has 2 rings (SSSR count). The van der Waals surface area contributed by atoms with Crippen molar-refractivity contribution in [2.24, 2.45) is 0 Å². The van der Waals surface area contributed by atoms with Crippen LogP contribution >= 0.6 is 11.6 Å². The van der Waals surface area contributed by atoms with Crippen LogP contribution in [0.3, 0.4) is 0 Å². The van der Waals surface area contributed by atoms with E-state index in [0.29, 0.717) is 22.8 Å². The normalized spacial score (nSPS) is 10.2. The first kappa shape index (κ1) is 13.4. The van der Waals surface area contributed by atoms with Crippen LogP contribution in [0.5, 0.6) is 0 Å². The number of aryl methyl sites for hydroxylation is 1. The number of halogens is 1. The summed E-state index contributed by atoms with van der Waals surface area (Å²) in [6.45, 7) is 2.34. The summed E-state index contributed by atoms with van der Waals surface area (Å²) < 4.78 is 0. The van der Waals surface area contributed by atoms with Crippen molar-refractivity contribution in [2.45, 2.75) is 13.5 Å². The molecule has 1 heterocycles. The molecule has 0 bridgehead atoms. The standard InChI is InChI=1S/C14H14ClN3O/c1-9-3-2-6-17-13(9)8-18-14(19)10-4-5-12(16)11(15)7-10/h2-7H,8,16H2,1H3,(H,18,19). The SMILES string of the molecule is Cc1cccnc1CNC(=O)c1ccc(N)c(Cl)c1. The number of nitrogens with one attached hydrogen (secondary N) is 1. The van der Waals surface area contributed by atoms with E-state index in [2.05, 4.69) is 10.3 Å². The van der Waals surface area contributed by atoms with Crippen LogP contribution in [0.4, 0.5) is 5.69 Å². The zero-order chi connectivity index (χ0) is 13.8. The monoisotopic (exact) mass is 275 g/mol. The average molecular weight is 276 g/mol. The highest BCUT2D eigenvalue weighted by Gasteiger charge is 2.08. The number of pyridine rings is 1. The number of nitrogens with two attached hydrogens (primary N) is 1. The number of anilines is 1. The van der Waals surface area contributed by atoms with Gasteiger partial charge < -0.3 is 11.1 Å². The van der Waals surface area contributed by atoms with E-state index in [9.17, 15) is 4.79 Å². The number of hydrogen-bond acceptors (Lipinski definition) is 3. The van der Waals surface area contributed by atoms with Gasteiger partial charge in [-0.2, -0.15) is 0 Å². The van der Waals surface area contributed by atoms with Gasteiger partial charge in [-0.1, -0.05) is 17.7 Å². The van der Waals surface area contributed by atoms with Crippen LogP contribution in [0, 0.1) is 6.92 Å². The minimum atomic E-state index is -0.202. The summed E-state index contributed by atoms with van der Waals surface area (Å²) in [6.07, 6.45) is 1.70. The van der Waals surface area contributed by atoms with E-state index in [-0.39, 0.29) is 5.91 Å². The average Bonchev–Trinajstić information content (AvgIpc) is 2.40. The van der Waals surface area contributed by atoms with Gasteiger partial charge in [0.2, 0.25) is 0 Å². The largest absolute Gasteiger partial charge is 0.398 e. The van der Waals surface area contributed by atoms with Crippen molar-refractivity contribution in [1.82, 2.24) is 10.3 Å². The Morgan fingerprint density at radius 3 is 2.89 bits per heavy atom. The van der Waals surface area contributed by atoms with Crippen LogP contribution in [-0.4, -0.2) is 10.9 Å². The van der Waals surface area contributed by atoms with Crippen molar-refractivity contribution in [1.29, 1.82) is 0 Å². The van der Waals surface area contributed by atoms with Gasteiger partial charge in [0.05, 0.1) is 22.9 Å². The highest BCUT2D eigenvalue weighted by atomic mass is 35.5. The van der Waals surface area contributed by atoms with Gasteiger partial charge in [0.25, 0.3) is 5.91 Å². The van der Waals surface area contributed by atoms with Crippen molar-refractivity contribution < 1.29 is 4.79 Å². The van der Waals surface area contributed by atoms with E-state index in [4.69, 9.17) is 17.3 Å². The molecular weight excluding hydrogens is 262 g/mol. The molecule has 19 heavy (non-hydrogen) atoms. The molecule has 0 atom stereocenters. The Morgan fingerprint density at radius 1 is 1.42 bits per heavy atom. The number of carbonyl (C=O) groups is 1. The third kappa shape index (κ3) is 3.23. The van der Waals surface area contributed by atoms with Crippen LogP contribution in [0.25, 0.3) is 0 Å². The predicted molar refractivity (Wildman–Crippen MR) is 76.0 cm³/mol. The molecule has 0 aliphatic heterocycles. The zero-order valence-corrected chi connectivity index (χ0v) is 11.2. The van der Waals surface area contributed by atoms with Crippen molar-refractivity contribution in [3.8, 4) is 0 Å². The highest BCUT2D eigenvalue weighted by Crippen LogP contribution is 2.19. The maximum Gasteiger partial charge on any atom is 0.251 e. The van der Waals surface area contributed by atoms with E-state index in [1.54, 1.807) is 24.4 Å². The number of nitrogen functional groups attached to an aromatic ring is 1. The molecule has 2 aromatic rings. The molecule has 0 fully saturated rings. The Labute approximate surface area is 116 Å². The van der Waals surface area contributed by atoms with E-state index in [1.807, 2.05) is 19.1 Å². The fourth-order valence-electron chi connectivity index (χ4n) is 1.64. The second-order valence-corrected chi connectivity index (χ2v) is 4.59. The molecule has 98 valence electrons. The molecule has 0 unspecified atom stereocenters. The zero-order valence-electron chi connectivity index (χ0n) is 10.5. The maximum atomic E-state index is 12.0. The molecule has 0 saturated carbocycles. The topological polar surface area (TPSA) is 68.0 Å². The van der Waals surface area contributed by atoms with Gasteiger partial charge in [0, 0.05) is 11.8 Å². The predicted octanol–water partition coefficient (Wildman–Crippen LogP) is 2.56. The Kier molecular flexibility index (Phi) is 4.02. The summed E-state index contributed by atoms with van der Waals surface area (Å²) in [7, 11) is 0. The number of aromatic nitrogens is 1. The molecule has 1 amide bonds. The lowest BCUT2D eigenvalue weighted by atomic mass is 10.2. The molecule has 0 aliphatic rings. The van der Waals surface area contributed by atoms with Gasteiger partial charge in [-0.3, -0.25) is 9.78 Å². The fraction of sp³-hybridized carbons (Fsp3) is 0.143. The summed E-state index contributed by atoms with van der Waals surface area (Å²) >= 11 is 5.88. The molecule has 0 aliphatic carbocycles. The maximum absolute atomic E-state index is 12.0. The van der Waals surface area contributed by atoms with Gasteiger partial charge in [0.1, 0.15) is 0 Å². The first-order valence-electron chi connectivity index (χ1n) is 5.81. The lowest BCUT2D eigenvalue weighted by molar-refractivity contribution is 0.0950. The number of carbonyl (C=O) groups excluding carboxylic acids is 1. The van der Waals surface area contributed by atoms with Crippen molar-refractivity contribution in [2.75, 3.05) is 5.73 Å². The molecule has 0 radical (unpaired) electrons. The number of rotatable bonds is 3. The summed E-state index contributed by atoms with van der Waals surface area (Å²) in [4.78, 5) is 16.2. The Balaban J connectivity index is 2.05. The van der Waals surface area contributed by atoms with Crippen LogP contribution in [0.1, 0.15) is 21.6 Å². The van der Waals surface area contributed by atoms with Gasteiger partial charge in [-0.05, 0) is 36.8 Å². The molecule has 3 N–H and O–H groups in total. The van der Waals surface area contributed by atoms with Crippen LogP contribution in [-0.2, 0) is 6.54 Å². The summed E-state index contributed by atoms with van der Waals surface area (Å²) in [6, 6.07) is 8.62. The first-order valence-corrected chi connectivity index (χ1v) is 6.19. The molecule has 0 saturated heterocycles. The molecular formula is C14H14ClN3O. The number of amides is 1. The third-order valence-corrected chi connectivity index (χ3v) is 3.12. The summed E-state index contributed by atoms with van der Waals surface area (Å²) in [5.74, 6) is -0.202. The van der Waals surface area contributed by atoms with Gasteiger partial charge >= 0.3 is 0 Å². The van der Waals surface area contributed by atoms with E-state index in [0.717, 1.165) is 11.3 Å². The first-order chi connectivity index (χ1) is 9.08. The van der Waals surface area contributed by atoms with E-state index in [1.165, 1.54) is 0 Å². The number of nitrogens with zero attached hydrogens (tertiary/aromatic N) is 1. The van der Waals surface area contributed by atoms with Crippen molar-refractivity contribution in [3.05, 3.63) is 58.4 Å². The van der Waals surface area contributed by atoms with Crippen LogP contribution in [0.15, 0.2) is 36.5 Å². The van der Waals surface area contributed by atoms with Crippen LogP contribution < -0.4 is 11.1 Å². The molecule has 4 nitrogen and oxygen atoms in total. The van der Waals surface area contributed by atoms with Gasteiger partial charge in [0.15, 0.2) is 0 Å². The van der Waals surface area contributed by atoms with Gasteiger partial charge in [-0.15, -0.1) is 0 Å². The lowest BCUT2D eigenvalue weighted by Crippen LogP contribution is -2.23. The lowest BCUT2D eigenvalue weighted by Gasteiger charge is -2.07. The van der Waals surface area contributed by atoms with E-state index < -0.39 is 0 Å². The summed E-state index contributed by atoms with van der Waals surface area (Å²) in [5.41, 5.74) is 8.42. The highest BCUT2D eigenvalue weighted by molar-refractivity contribution is 6.33. The second-order valence-electron chi connectivity index (χ2n) is 4.19. The van der Waals surface area contributed by atoms with Crippen molar-refractivity contribution in [3.63, 3.8) is 0 Å².